The molecule has 0 spiro atoms. The smallest absolute Gasteiger partial charge is 0.198 e. The zero-order chi connectivity index (χ0) is 13.8. The Hall–Kier alpha value is -2.14. The average Bonchev–Trinajstić information content (AvgIpc) is 2.41. The average molecular weight is 275 g/mol. The number of ether oxygens (including phenoxy) is 1. The Morgan fingerprint density at radius 1 is 1.32 bits per heavy atom. The standard InChI is InChI=1S/C14H13NO3S/c1-9(14(17)19)18-13-6-5-10(8-12(13)16)11-4-2-3-7-15-11/h2-9,16H,1H3,(H,17,19). The van der Waals surface area contributed by atoms with Gasteiger partial charge >= 0.3 is 0 Å². The monoisotopic (exact) mass is 275 g/mol. The Morgan fingerprint density at radius 3 is 2.68 bits per heavy atom. The molecule has 0 aliphatic heterocycles. The number of nitrogens with zero attached hydrogens (tertiary/aromatic N) is 1. The molecular formula is C14H13NO3S. The van der Waals surface area contributed by atoms with Gasteiger partial charge in [-0.1, -0.05) is 6.07 Å². The quantitative estimate of drug-likeness (QED) is 0.839. The van der Waals surface area contributed by atoms with Crippen molar-refractivity contribution >= 4 is 17.3 Å². The Balaban J connectivity index is 2.25. The third-order valence-electron chi connectivity index (χ3n) is 2.57. The molecule has 1 atom stereocenters. The second kappa shape index (κ2) is 5.67. The number of pyridine rings is 1. The summed E-state index contributed by atoms with van der Waals surface area (Å²) in [5, 5.41) is 18.8. The van der Waals surface area contributed by atoms with E-state index in [1.807, 2.05) is 18.2 Å². The van der Waals surface area contributed by atoms with E-state index < -0.39 is 6.10 Å². The predicted octanol–water partition coefficient (Wildman–Crippen LogP) is 3.11. The molecule has 0 saturated heterocycles. The summed E-state index contributed by atoms with van der Waals surface area (Å²) < 4.78 is 5.34. The van der Waals surface area contributed by atoms with E-state index in [0.717, 1.165) is 11.3 Å². The highest BCUT2D eigenvalue weighted by Crippen LogP contribution is 2.31. The van der Waals surface area contributed by atoms with Crippen LogP contribution in [0.15, 0.2) is 42.6 Å². The molecule has 2 aromatic rings. The number of aromatic hydroxyl groups is 1. The van der Waals surface area contributed by atoms with Crippen LogP contribution in [-0.2, 0) is 0 Å². The third-order valence-corrected chi connectivity index (χ3v) is 2.90. The Kier molecular flexibility index (Phi) is 3.97. The normalized spacial score (nSPS) is 11.8. The van der Waals surface area contributed by atoms with Gasteiger partial charge in [0.15, 0.2) is 22.7 Å². The van der Waals surface area contributed by atoms with E-state index in [1.165, 1.54) is 0 Å². The number of phenolic OH excluding ortho intramolecular Hbond substituents is 1. The van der Waals surface area contributed by atoms with Gasteiger partial charge in [0.2, 0.25) is 0 Å². The van der Waals surface area contributed by atoms with E-state index in [1.54, 1.807) is 31.3 Å². The lowest BCUT2D eigenvalue weighted by Gasteiger charge is -2.13. The number of aliphatic hydroxyl groups is 1. The van der Waals surface area contributed by atoms with Gasteiger partial charge in [-0.15, -0.1) is 0 Å². The highest BCUT2D eigenvalue weighted by molar-refractivity contribution is 7.80. The topological polar surface area (TPSA) is 62.6 Å². The van der Waals surface area contributed by atoms with E-state index in [-0.39, 0.29) is 16.5 Å². The number of aromatic nitrogens is 1. The summed E-state index contributed by atoms with van der Waals surface area (Å²) >= 11 is 4.60. The van der Waals surface area contributed by atoms with Crippen molar-refractivity contribution in [3.63, 3.8) is 0 Å². The molecule has 1 heterocycles. The maximum absolute atomic E-state index is 9.91. The molecule has 1 aromatic heterocycles. The Labute approximate surface area is 116 Å². The third kappa shape index (κ3) is 3.20. The molecule has 1 aromatic carbocycles. The first kappa shape index (κ1) is 13.3. The summed E-state index contributed by atoms with van der Waals surface area (Å²) in [6.07, 6.45) is 1.03. The zero-order valence-corrected chi connectivity index (χ0v) is 11.1. The lowest BCUT2D eigenvalue weighted by atomic mass is 10.1. The number of aliphatic hydroxyl groups excluding tert-OH is 1. The van der Waals surface area contributed by atoms with Crippen molar-refractivity contribution in [2.45, 2.75) is 13.0 Å². The van der Waals surface area contributed by atoms with Gasteiger partial charge in [0.25, 0.3) is 0 Å². The Morgan fingerprint density at radius 2 is 2.11 bits per heavy atom. The van der Waals surface area contributed by atoms with Crippen molar-refractivity contribution in [3.05, 3.63) is 42.6 Å². The molecular weight excluding hydrogens is 262 g/mol. The minimum atomic E-state index is -0.651. The molecule has 4 nitrogen and oxygen atoms in total. The molecule has 0 saturated carbocycles. The lowest BCUT2D eigenvalue weighted by molar-refractivity contribution is 0.253. The van der Waals surface area contributed by atoms with Crippen LogP contribution in [0.2, 0.25) is 0 Å². The number of phenols is 1. The Bertz CT molecular complexity index is 586. The molecule has 0 aliphatic rings. The van der Waals surface area contributed by atoms with Crippen LogP contribution in [0.1, 0.15) is 6.92 Å². The van der Waals surface area contributed by atoms with Gasteiger partial charge in [-0.25, -0.2) is 0 Å². The maximum Gasteiger partial charge on any atom is 0.198 e. The van der Waals surface area contributed by atoms with Crippen LogP contribution in [0, 0.1) is 0 Å². The van der Waals surface area contributed by atoms with Crippen molar-refractivity contribution in [2.24, 2.45) is 0 Å². The van der Waals surface area contributed by atoms with Crippen LogP contribution in [0.4, 0.5) is 0 Å². The summed E-state index contributed by atoms with van der Waals surface area (Å²) in [4.78, 5) is 4.20. The van der Waals surface area contributed by atoms with Crippen LogP contribution >= 0.6 is 12.2 Å². The maximum atomic E-state index is 9.91. The number of benzene rings is 1. The first-order chi connectivity index (χ1) is 9.08. The molecule has 0 aliphatic carbocycles. The van der Waals surface area contributed by atoms with E-state index >= 15 is 0 Å². The van der Waals surface area contributed by atoms with E-state index in [9.17, 15) is 5.11 Å². The van der Waals surface area contributed by atoms with Crippen LogP contribution in [0.5, 0.6) is 11.5 Å². The van der Waals surface area contributed by atoms with Gasteiger partial charge in [-0.3, -0.25) is 4.98 Å². The fourth-order valence-electron chi connectivity index (χ4n) is 1.55. The van der Waals surface area contributed by atoms with Crippen LogP contribution in [0.25, 0.3) is 11.3 Å². The van der Waals surface area contributed by atoms with E-state index in [0.29, 0.717) is 0 Å². The predicted molar refractivity (Wildman–Crippen MR) is 76.7 cm³/mol. The van der Waals surface area contributed by atoms with Crippen molar-refractivity contribution in [3.8, 4) is 22.8 Å². The van der Waals surface area contributed by atoms with Crippen molar-refractivity contribution < 1.29 is 14.9 Å². The van der Waals surface area contributed by atoms with Crippen LogP contribution in [-0.4, -0.2) is 26.4 Å². The second-order valence-electron chi connectivity index (χ2n) is 4.00. The summed E-state index contributed by atoms with van der Waals surface area (Å²) in [5.41, 5.74) is 1.54. The minimum Gasteiger partial charge on any atom is -0.504 e. The number of hydrogen-bond donors (Lipinski definition) is 2. The second-order valence-corrected chi connectivity index (χ2v) is 4.41. The molecule has 0 fully saturated rings. The molecule has 0 radical (unpaired) electrons. The largest absolute Gasteiger partial charge is 0.504 e. The fraction of sp³-hybridized carbons (Fsp3) is 0.143. The summed E-state index contributed by atoms with van der Waals surface area (Å²) in [6, 6.07) is 10.5. The van der Waals surface area contributed by atoms with Gasteiger partial charge in [0.05, 0.1) is 5.69 Å². The van der Waals surface area contributed by atoms with Gasteiger partial charge in [-0.2, -0.15) is 0 Å². The summed E-state index contributed by atoms with van der Waals surface area (Å²) in [6.45, 7) is 1.61. The minimum absolute atomic E-state index is 0.0220. The highest BCUT2D eigenvalue weighted by Gasteiger charge is 2.12. The van der Waals surface area contributed by atoms with Gasteiger partial charge in [0, 0.05) is 11.8 Å². The number of thiocarbonyl (C=S) groups is 1. The van der Waals surface area contributed by atoms with Crippen LogP contribution in [0.3, 0.4) is 0 Å². The van der Waals surface area contributed by atoms with E-state index in [2.05, 4.69) is 17.2 Å². The zero-order valence-electron chi connectivity index (χ0n) is 10.3. The van der Waals surface area contributed by atoms with Crippen molar-refractivity contribution in [1.29, 1.82) is 0 Å². The van der Waals surface area contributed by atoms with Crippen molar-refractivity contribution in [2.75, 3.05) is 0 Å². The molecule has 5 heteroatoms. The van der Waals surface area contributed by atoms with E-state index in [4.69, 9.17) is 9.84 Å². The molecule has 1 unspecified atom stereocenters. The highest BCUT2D eigenvalue weighted by atomic mass is 32.1. The summed E-state index contributed by atoms with van der Waals surface area (Å²) in [7, 11) is 0. The SMILES string of the molecule is CC(Oc1ccc(-c2ccccn2)cc1O)C(O)=S. The fourth-order valence-corrected chi connectivity index (χ4v) is 1.60. The van der Waals surface area contributed by atoms with Crippen molar-refractivity contribution in [1.82, 2.24) is 4.98 Å². The molecule has 0 amide bonds. The first-order valence-corrected chi connectivity index (χ1v) is 6.12. The van der Waals surface area contributed by atoms with Gasteiger partial charge in [-0.05, 0) is 49.5 Å². The molecule has 2 N–H and O–H groups in total. The van der Waals surface area contributed by atoms with Gasteiger partial charge in [0.1, 0.15) is 0 Å². The van der Waals surface area contributed by atoms with Crippen LogP contribution < -0.4 is 4.74 Å². The number of rotatable bonds is 4. The molecule has 19 heavy (non-hydrogen) atoms. The first-order valence-electron chi connectivity index (χ1n) is 5.72. The molecule has 98 valence electrons. The molecule has 2 rings (SSSR count). The number of hydrogen-bond acceptors (Lipinski definition) is 4. The molecule has 0 bridgehead atoms. The summed E-state index contributed by atoms with van der Waals surface area (Å²) in [5.74, 6) is 0.245. The lowest BCUT2D eigenvalue weighted by Crippen LogP contribution is -2.21. The van der Waals surface area contributed by atoms with Gasteiger partial charge < -0.3 is 14.9 Å².